The van der Waals surface area contributed by atoms with E-state index < -0.39 is 6.09 Å². The Balaban J connectivity index is 2.65. The maximum Gasteiger partial charge on any atom is 0.407 e. The number of hydrogen-bond acceptors (Lipinski definition) is 4. The molecule has 2 N–H and O–H groups in total. The second-order valence-corrected chi connectivity index (χ2v) is 3.75. The molecule has 1 unspecified atom stereocenters. The van der Waals surface area contributed by atoms with E-state index in [1.807, 2.05) is 6.92 Å². The van der Waals surface area contributed by atoms with Crippen molar-refractivity contribution in [1.29, 1.82) is 0 Å². The summed E-state index contributed by atoms with van der Waals surface area (Å²) in [5, 5.41) is 12.1. The van der Waals surface area contributed by atoms with Crippen molar-refractivity contribution >= 4 is 6.09 Å². The first-order chi connectivity index (χ1) is 8.06. The van der Waals surface area contributed by atoms with Crippen LogP contribution in [0, 0.1) is 0 Å². The molecule has 0 bridgehead atoms. The normalized spacial score (nSPS) is 11.7. The average molecular weight is 239 g/mol. The van der Waals surface area contributed by atoms with Crippen LogP contribution in [-0.4, -0.2) is 31.5 Å². The molecule has 0 heterocycles. The molecule has 1 amide bonds. The predicted octanol–water partition coefficient (Wildman–Crippen LogP) is 1.69. The minimum absolute atomic E-state index is 0.0586. The van der Waals surface area contributed by atoms with Crippen LogP contribution in [0.25, 0.3) is 0 Å². The lowest BCUT2D eigenvalue weighted by Gasteiger charge is -2.13. The van der Waals surface area contributed by atoms with Crippen molar-refractivity contribution in [2.75, 3.05) is 14.2 Å². The molecule has 0 aliphatic rings. The van der Waals surface area contributed by atoms with Gasteiger partial charge in [0.05, 0.1) is 14.2 Å². The highest BCUT2D eigenvalue weighted by Crippen LogP contribution is 2.26. The Kier molecular flexibility index (Phi) is 4.63. The molecule has 1 rings (SSSR count). The van der Waals surface area contributed by atoms with E-state index in [1.165, 1.54) is 14.2 Å². The Hall–Kier alpha value is -1.91. The van der Waals surface area contributed by atoms with E-state index in [0.717, 1.165) is 5.56 Å². The fourth-order valence-corrected chi connectivity index (χ4v) is 1.51. The largest absolute Gasteiger partial charge is 0.504 e. The van der Waals surface area contributed by atoms with Gasteiger partial charge >= 0.3 is 6.09 Å². The Labute approximate surface area is 100 Å². The van der Waals surface area contributed by atoms with Crippen LogP contribution < -0.4 is 10.1 Å². The zero-order chi connectivity index (χ0) is 12.8. The van der Waals surface area contributed by atoms with Crippen molar-refractivity contribution in [3.05, 3.63) is 23.8 Å². The SMILES string of the molecule is COC(=O)NC(C)Cc1ccc(O)c(OC)c1. The van der Waals surface area contributed by atoms with E-state index in [4.69, 9.17) is 4.74 Å². The van der Waals surface area contributed by atoms with Gasteiger partial charge in [0.1, 0.15) is 0 Å². The molecule has 94 valence electrons. The highest BCUT2D eigenvalue weighted by Gasteiger charge is 2.09. The molecule has 5 nitrogen and oxygen atoms in total. The van der Waals surface area contributed by atoms with E-state index in [0.29, 0.717) is 12.2 Å². The second-order valence-electron chi connectivity index (χ2n) is 3.75. The predicted molar refractivity (Wildman–Crippen MR) is 63.4 cm³/mol. The molecule has 0 saturated heterocycles. The zero-order valence-electron chi connectivity index (χ0n) is 10.2. The Morgan fingerprint density at radius 3 is 2.76 bits per heavy atom. The summed E-state index contributed by atoms with van der Waals surface area (Å²) in [6.45, 7) is 1.87. The fourth-order valence-electron chi connectivity index (χ4n) is 1.51. The number of phenols is 1. The van der Waals surface area contributed by atoms with Crippen LogP contribution >= 0.6 is 0 Å². The maximum atomic E-state index is 11.0. The van der Waals surface area contributed by atoms with Gasteiger partial charge in [-0.05, 0) is 31.0 Å². The minimum atomic E-state index is -0.455. The third kappa shape index (κ3) is 3.86. The van der Waals surface area contributed by atoms with Gasteiger partial charge in [0.2, 0.25) is 0 Å². The number of nitrogens with one attached hydrogen (secondary N) is 1. The molecule has 1 aromatic carbocycles. The molecule has 5 heteroatoms. The van der Waals surface area contributed by atoms with Crippen molar-refractivity contribution in [3.63, 3.8) is 0 Å². The minimum Gasteiger partial charge on any atom is -0.504 e. The molecule has 1 aromatic rings. The average Bonchev–Trinajstić information content (AvgIpc) is 2.31. The lowest BCUT2D eigenvalue weighted by atomic mass is 10.1. The van der Waals surface area contributed by atoms with Gasteiger partial charge in [-0.1, -0.05) is 6.07 Å². The van der Waals surface area contributed by atoms with Gasteiger partial charge in [-0.25, -0.2) is 4.79 Å². The van der Waals surface area contributed by atoms with E-state index in [9.17, 15) is 9.90 Å². The summed E-state index contributed by atoms with van der Waals surface area (Å²) >= 11 is 0. The molecule has 0 aromatic heterocycles. The summed E-state index contributed by atoms with van der Waals surface area (Å²) in [4.78, 5) is 11.0. The second kappa shape index (κ2) is 5.98. The third-order valence-electron chi connectivity index (χ3n) is 2.34. The summed E-state index contributed by atoms with van der Waals surface area (Å²) in [7, 11) is 2.82. The molecule has 0 spiro atoms. The maximum absolute atomic E-state index is 11.0. The molecule has 0 radical (unpaired) electrons. The lowest BCUT2D eigenvalue weighted by molar-refractivity contribution is 0.167. The monoisotopic (exact) mass is 239 g/mol. The summed E-state index contributed by atoms with van der Waals surface area (Å²) in [5.74, 6) is 0.526. The number of phenolic OH excluding ortho intramolecular Hbond substituents is 1. The van der Waals surface area contributed by atoms with Gasteiger partial charge in [0, 0.05) is 6.04 Å². The van der Waals surface area contributed by atoms with Crippen LogP contribution in [-0.2, 0) is 11.2 Å². The number of hydrogen-bond donors (Lipinski definition) is 2. The third-order valence-corrected chi connectivity index (χ3v) is 2.34. The van der Waals surface area contributed by atoms with Gasteiger partial charge in [-0.2, -0.15) is 0 Å². The molecule has 0 saturated carbocycles. The first kappa shape index (κ1) is 13.2. The van der Waals surface area contributed by atoms with Crippen LogP contribution in [0.4, 0.5) is 4.79 Å². The number of methoxy groups -OCH3 is 2. The van der Waals surface area contributed by atoms with Crippen molar-refractivity contribution in [1.82, 2.24) is 5.32 Å². The number of aromatic hydroxyl groups is 1. The molecule has 17 heavy (non-hydrogen) atoms. The van der Waals surface area contributed by atoms with Crippen molar-refractivity contribution in [2.45, 2.75) is 19.4 Å². The van der Waals surface area contributed by atoms with E-state index >= 15 is 0 Å². The van der Waals surface area contributed by atoms with Gasteiger partial charge < -0.3 is 19.9 Å². The standard InChI is InChI=1S/C12H17NO4/c1-8(13-12(15)17-3)6-9-4-5-10(14)11(7-9)16-2/h4-5,7-8,14H,6H2,1-3H3,(H,13,15). The number of amides is 1. The molecule has 1 atom stereocenters. The number of alkyl carbamates (subject to hydrolysis) is 1. The van der Waals surface area contributed by atoms with Crippen LogP contribution in [0.15, 0.2) is 18.2 Å². The number of ether oxygens (including phenoxy) is 2. The number of rotatable bonds is 4. The highest BCUT2D eigenvalue weighted by molar-refractivity contribution is 5.67. The van der Waals surface area contributed by atoms with E-state index in [1.54, 1.807) is 18.2 Å². The Morgan fingerprint density at radius 2 is 2.18 bits per heavy atom. The molecule has 0 aliphatic carbocycles. The summed E-state index contributed by atoms with van der Waals surface area (Å²) < 4.78 is 9.52. The van der Waals surface area contributed by atoms with Gasteiger partial charge in [-0.3, -0.25) is 0 Å². The quantitative estimate of drug-likeness (QED) is 0.839. The van der Waals surface area contributed by atoms with Crippen LogP contribution in [0.3, 0.4) is 0 Å². The van der Waals surface area contributed by atoms with E-state index in [-0.39, 0.29) is 11.8 Å². The van der Waals surface area contributed by atoms with Crippen molar-refractivity contribution in [2.24, 2.45) is 0 Å². The number of carbonyl (C=O) groups is 1. The fraction of sp³-hybridized carbons (Fsp3) is 0.417. The van der Waals surface area contributed by atoms with E-state index in [2.05, 4.69) is 10.1 Å². The zero-order valence-corrected chi connectivity index (χ0v) is 10.2. The Bertz CT molecular complexity index is 392. The Morgan fingerprint density at radius 1 is 1.47 bits per heavy atom. The highest BCUT2D eigenvalue weighted by atomic mass is 16.5. The van der Waals surface area contributed by atoms with Crippen LogP contribution in [0.1, 0.15) is 12.5 Å². The first-order valence-corrected chi connectivity index (χ1v) is 5.27. The number of benzene rings is 1. The van der Waals surface area contributed by atoms with Gasteiger partial charge in [0.25, 0.3) is 0 Å². The van der Waals surface area contributed by atoms with Crippen molar-refractivity contribution < 1.29 is 19.4 Å². The van der Waals surface area contributed by atoms with Crippen LogP contribution in [0.5, 0.6) is 11.5 Å². The number of carbonyl (C=O) groups excluding carboxylic acids is 1. The lowest BCUT2D eigenvalue weighted by Crippen LogP contribution is -2.33. The van der Waals surface area contributed by atoms with Crippen molar-refractivity contribution in [3.8, 4) is 11.5 Å². The summed E-state index contributed by atoms with van der Waals surface area (Å²) in [5.41, 5.74) is 0.962. The van der Waals surface area contributed by atoms with Gasteiger partial charge in [0.15, 0.2) is 11.5 Å². The molecule has 0 fully saturated rings. The summed E-state index contributed by atoms with van der Waals surface area (Å²) in [6.07, 6.45) is 0.175. The molecule has 0 aliphatic heterocycles. The first-order valence-electron chi connectivity index (χ1n) is 5.27. The topological polar surface area (TPSA) is 67.8 Å². The smallest absolute Gasteiger partial charge is 0.407 e. The molecular weight excluding hydrogens is 222 g/mol. The van der Waals surface area contributed by atoms with Gasteiger partial charge in [-0.15, -0.1) is 0 Å². The summed E-state index contributed by atoms with van der Waals surface area (Å²) in [6, 6.07) is 5.04. The molecular formula is C12H17NO4. The van der Waals surface area contributed by atoms with Crippen LogP contribution in [0.2, 0.25) is 0 Å².